The summed E-state index contributed by atoms with van der Waals surface area (Å²) in [6.07, 6.45) is 0. The Kier molecular flexibility index (Phi) is 7.74. The topological polar surface area (TPSA) is 69.6 Å². The molecular weight excluding hydrogens is 735 g/mol. The summed E-state index contributed by atoms with van der Waals surface area (Å²) in [6, 6.07) is 69.1. The summed E-state index contributed by atoms with van der Waals surface area (Å²) in [5.74, 6) is 1.83. The molecule has 0 aliphatic carbocycles. The van der Waals surface area contributed by atoms with E-state index in [0.717, 1.165) is 77.6 Å². The summed E-state index contributed by atoms with van der Waals surface area (Å²) in [7, 11) is 0. The molecule has 0 unspecified atom stereocenters. The molecule has 4 heterocycles. The van der Waals surface area contributed by atoms with E-state index in [1.54, 1.807) is 0 Å². The van der Waals surface area contributed by atoms with Crippen LogP contribution >= 0.6 is 0 Å². The maximum absolute atomic E-state index is 6.48. The lowest BCUT2D eigenvalue weighted by molar-refractivity contribution is 0.672. The van der Waals surface area contributed by atoms with Crippen LogP contribution in [0, 0.1) is 0 Å². The average molecular weight is 768 g/mol. The molecule has 0 atom stereocenters. The van der Waals surface area contributed by atoms with Gasteiger partial charge in [-0.15, -0.1) is 0 Å². The van der Waals surface area contributed by atoms with E-state index in [4.69, 9.17) is 24.4 Å². The lowest BCUT2D eigenvalue weighted by Crippen LogP contribution is -2.00. The molecule has 60 heavy (non-hydrogen) atoms. The van der Waals surface area contributed by atoms with E-state index < -0.39 is 0 Å². The van der Waals surface area contributed by atoms with Crippen molar-refractivity contribution in [3.8, 4) is 62.2 Å². The Bertz CT molecular complexity index is 3550. The van der Waals surface area contributed by atoms with Crippen LogP contribution in [0.25, 0.3) is 117 Å². The smallest absolute Gasteiger partial charge is 0.164 e. The number of furan rings is 1. The highest BCUT2D eigenvalue weighted by atomic mass is 16.3. The minimum absolute atomic E-state index is 0.603. The fourth-order valence-corrected chi connectivity index (χ4v) is 8.61. The minimum atomic E-state index is 0.603. The summed E-state index contributed by atoms with van der Waals surface area (Å²) in [6.45, 7) is 0. The molecule has 0 amide bonds. The zero-order valence-corrected chi connectivity index (χ0v) is 32.2. The van der Waals surface area contributed by atoms with Crippen molar-refractivity contribution in [1.29, 1.82) is 0 Å². The Labute approximate surface area is 344 Å². The standard InChI is InChI=1S/C54H33N5O/c1-2-14-34(15-3-1)52-56-53(35-28-30-40(31-29-35)59-46-25-9-5-20-41(46)42-21-6-10-26-47(42)59)58-54(57-52)39-19-13-17-37(33-39)36-16-12-18-38(32-36)50-49-44-23-7-11-27-48(44)60-51(49)43-22-4-8-24-45(43)55-50/h1-33H. The van der Waals surface area contributed by atoms with Crippen LogP contribution in [-0.4, -0.2) is 24.5 Å². The lowest BCUT2D eigenvalue weighted by atomic mass is 9.97. The Morgan fingerprint density at radius 3 is 1.55 bits per heavy atom. The SMILES string of the molecule is c1ccc(-c2nc(-c3ccc(-n4c5ccccc5c5ccccc54)cc3)nc(-c3cccc(-c4cccc(-c5nc6ccccc6c6oc7ccccc7c56)c4)c3)n2)cc1. The second-order valence-corrected chi connectivity index (χ2v) is 15.0. The molecule has 6 heteroatoms. The molecule has 0 fully saturated rings. The molecule has 0 saturated carbocycles. The molecule has 8 aromatic carbocycles. The molecule has 6 nitrogen and oxygen atoms in total. The molecule has 4 aromatic heterocycles. The van der Waals surface area contributed by atoms with Gasteiger partial charge in [-0.2, -0.15) is 0 Å². The van der Waals surface area contributed by atoms with Gasteiger partial charge < -0.3 is 8.98 Å². The van der Waals surface area contributed by atoms with Gasteiger partial charge in [-0.1, -0.05) is 133 Å². The number of benzene rings is 8. The van der Waals surface area contributed by atoms with Crippen molar-refractivity contribution in [3.05, 3.63) is 200 Å². The normalized spacial score (nSPS) is 11.7. The molecule has 0 spiro atoms. The van der Waals surface area contributed by atoms with Crippen LogP contribution in [0.5, 0.6) is 0 Å². The first-order chi connectivity index (χ1) is 29.7. The molecule has 0 bridgehead atoms. The number of hydrogen-bond donors (Lipinski definition) is 0. The number of aromatic nitrogens is 5. The van der Waals surface area contributed by atoms with Crippen molar-refractivity contribution in [2.75, 3.05) is 0 Å². The van der Waals surface area contributed by atoms with Gasteiger partial charge in [-0.05, 0) is 77.9 Å². The molecule has 12 rings (SSSR count). The van der Waals surface area contributed by atoms with Crippen LogP contribution in [0.1, 0.15) is 0 Å². The molecule has 0 aliphatic rings. The van der Waals surface area contributed by atoms with Crippen molar-refractivity contribution in [3.63, 3.8) is 0 Å². The molecule has 0 aliphatic heterocycles. The molecule has 0 saturated heterocycles. The van der Waals surface area contributed by atoms with Crippen molar-refractivity contribution in [2.45, 2.75) is 0 Å². The second-order valence-electron chi connectivity index (χ2n) is 15.0. The highest BCUT2D eigenvalue weighted by Gasteiger charge is 2.19. The Morgan fingerprint density at radius 2 is 0.850 bits per heavy atom. The van der Waals surface area contributed by atoms with Crippen LogP contribution in [0.4, 0.5) is 0 Å². The van der Waals surface area contributed by atoms with Crippen molar-refractivity contribution in [1.82, 2.24) is 24.5 Å². The van der Waals surface area contributed by atoms with E-state index in [1.807, 2.05) is 60.7 Å². The third kappa shape index (κ3) is 5.57. The lowest BCUT2D eigenvalue weighted by Gasteiger charge is -2.12. The average Bonchev–Trinajstić information content (AvgIpc) is 3.88. The third-order valence-corrected chi connectivity index (χ3v) is 11.4. The zero-order chi connectivity index (χ0) is 39.6. The molecule has 0 radical (unpaired) electrons. The van der Waals surface area contributed by atoms with Crippen molar-refractivity contribution >= 4 is 54.6 Å². The van der Waals surface area contributed by atoms with Gasteiger partial charge in [0.15, 0.2) is 17.5 Å². The molecular formula is C54H33N5O. The first kappa shape index (κ1) is 33.9. The van der Waals surface area contributed by atoms with E-state index in [0.29, 0.717) is 17.5 Å². The fraction of sp³-hybridized carbons (Fsp3) is 0. The fourth-order valence-electron chi connectivity index (χ4n) is 8.61. The largest absolute Gasteiger partial charge is 0.455 e. The summed E-state index contributed by atoms with van der Waals surface area (Å²) in [5, 5.41) is 5.53. The van der Waals surface area contributed by atoms with Gasteiger partial charge in [0.1, 0.15) is 11.2 Å². The van der Waals surface area contributed by atoms with Gasteiger partial charge in [0, 0.05) is 49.5 Å². The highest BCUT2D eigenvalue weighted by molar-refractivity contribution is 6.19. The molecule has 280 valence electrons. The van der Waals surface area contributed by atoms with Gasteiger partial charge in [0.25, 0.3) is 0 Å². The van der Waals surface area contributed by atoms with Gasteiger partial charge in [-0.3, -0.25) is 0 Å². The van der Waals surface area contributed by atoms with Crippen LogP contribution in [0.3, 0.4) is 0 Å². The number of fused-ring (bicyclic) bond motifs is 8. The summed E-state index contributed by atoms with van der Waals surface area (Å²) < 4.78 is 8.80. The van der Waals surface area contributed by atoms with Gasteiger partial charge in [-0.25, -0.2) is 19.9 Å². The number of nitrogens with zero attached hydrogens (tertiary/aromatic N) is 5. The van der Waals surface area contributed by atoms with E-state index in [-0.39, 0.29) is 0 Å². The van der Waals surface area contributed by atoms with Crippen LogP contribution in [-0.2, 0) is 0 Å². The molecule has 12 aromatic rings. The van der Waals surface area contributed by atoms with E-state index in [9.17, 15) is 0 Å². The Balaban J connectivity index is 0.956. The minimum Gasteiger partial charge on any atom is -0.455 e. The third-order valence-electron chi connectivity index (χ3n) is 11.4. The van der Waals surface area contributed by atoms with E-state index in [2.05, 4.69) is 144 Å². The van der Waals surface area contributed by atoms with Crippen LogP contribution in [0.15, 0.2) is 205 Å². The molecule has 0 N–H and O–H groups in total. The monoisotopic (exact) mass is 767 g/mol. The first-order valence-corrected chi connectivity index (χ1v) is 20.1. The second kappa shape index (κ2) is 13.7. The van der Waals surface area contributed by atoms with Gasteiger partial charge in [0.2, 0.25) is 0 Å². The van der Waals surface area contributed by atoms with Crippen molar-refractivity contribution < 1.29 is 4.42 Å². The number of rotatable bonds is 6. The first-order valence-electron chi connectivity index (χ1n) is 20.1. The number of hydrogen-bond acceptors (Lipinski definition) is 5. The maximum Gasteiger partial charge on any atom is 0.164 e. The zero-order valence-electron chi connectivity index (χ0n) is 32.2. The van der Waals surface area contributed by atoms with E-state index >= 15 is 0 Å². The number of para-hydroxylation sites is 4. The van der Waals surface area contributed by atoms with Crippen LogP contribution < -0.4 is 0 Å². The quantitative estimate of drug-likeness (QED) is 0.168. The summed E-state index contributed by atoms with van der Waals surface area (Å²) in [5.41, 5.74) is 12.7. The Hall–Kier alpha value is -8.22. The van der Waals surface area contributed by atoms with Crippen molar-refractivity contribution in [2.24, 2.45) is 0 Å². The van der Waals surface area contributed by atoms with Gasteiger partial charge >= 0.3 is 0 Å². The predicted octanol–water partition coefficient (Wildman–Crippen LogP) is 13.8. The highest BCUT2D eigenvalue weighted by Crippen LogP contribution is 2.40. The Morgan fingerprint density at radius 1 is 0.350 bits per heavy atom. The van der Waals surface area contributed by atoms with Crippen LogP contribution in [0.2, 0.25) is 0 Å². The maximum atomic E-state index is 6.48. The summed E-state index contributed by atoms with van der Waals surface area (Å²) in [4.78, 5) is 20.5. The predicted molar refractivity (Wildman–Crippen MR) is 244 cm³/mol. The summed E-state index contributed by atoms with van der Waals surface area (Å²) >= 11 is 0. The number of pyridine rings is 1. The van der Waals surface area contributed by atoms with Gasteiger partial charge in [0.05, 0.1) is 27.6 Å². The van der Waals surface area contributed by atoms with E-state index in [1.165, 1.54) is 21.8 Å².